The molecule has 1 saturated heterocycles. The van der Waals surface area contributed by atoms with Crippen LogP contribution in [0.3, 0.4) is 0 Å². The number of likely N-dealkylation sites (tertiary alicyclic amines) is 1. The van der Waals surface area contributed by atoms with Crippen molar-refractivity contribution in [2.75, 3.05) is 13.1 Å². The second-order valence-corrected chi connectivity index (χ2v) is 3.98. The predicted octanol–water partition coefficient (Wildman–Crippen LogP) is 2.31. The van der Waals surface area contributed by atoms with Crippen LogP contribution in [0.4, 0.5) is 18.0 Å². The van der Waals surface area contributed by atoms with Gasteiger partial charge in [0, 0.05) is 13.1 Å². The van der Waals surface area contributed by atoms with Gasteiger partial charge in [-0.25, -0.2) is 4.79 Å². The summed E-state index contributed by atoms with van der Waals surface area (Å²) in [5, 5.41) is 8.69. The molecule has 7 heteroatoms. The molecule has 17 heavy (non-hydrogen) atoms. The van der Waals surface area contributed by atoms with E-state index in [4.69, 9.17) is 5.26 Å². The lowest BCUT2D eigenvalue weighted by Gasteiger charge is -2.30. The second kappa shape index (κ2) is 5.25. The Bertz CT molecular complexity index is 324. The molecule has 0 radical (unpaired) electrons. The summed E-state index contributed by atoms with van der Waals surface area (Å²) in [7, 11) is 0. The third-order valence-corrected chi connectivity index (χ3v) is 2.60. The first-order valence-electron chi connectivity index (χ1n) is 5.26. The lowest BCUT2D eigenvalue weighted by Crippen LogP contribution is -2.43. The summed E-state index contributed by atoms with van der Waals surface area (Å²) in [6, 6.07) is 2.00. The molecule has 0 N–H and O–H groups in total. The molecule has 1 rings (SSSR count). The van der Waals surface area contributed by atoms with Crippen LogP contribution in [-0.4, -0.2) is 36.4 Å². The zero-order valence-electron chi connectivity index (χ0n) is 9.33. The summed E-state index contributed by atoms with van der Waals surface area (Å²) in [6.07, 6.45) is -6.42. The number of hydrogen-bond acceptors (Lipinski definition) is 3. The zero-order valence-corrected chi connectivity index (χ0v) is 9.33. The molecule has 1 unspecified atom stereocenters. The van der Waals surface area contributed by atoms with Crippen molar-refractivity contribution in [2.24, 2.45) is 5.92 Å². The number of rotatable bonds is 1. The van der Waals surface area contributed by atoms with E-state index >= 15 is 0 Å². The Morgan fingerprint density at radius 3 is 2.76 bits per heavy atom. The van der Waals surface area contributed by atoms with Crippen LogP contribution in [0.1, 0.15) is 19.8 Å². The minimum atomic E-state index is -4.56. The number of nitrogens with zero attached hydrogens (tertiary/aromatic N) is 2. The van der Waals surface area contributed by atoms with Crippen molar-refractivity contribution < 1.29 is 22.7 Å². The molecule has 0 aliphatic carbocycles. The van der Waals surface area contributed by atoms with Crippen molar-refractivity contribution in [2.45, 2.75) is 32.0 Å². The van der Waals surface area contributed by atoms with Crippen LogP contribution in [0.5, 0.6) is 0 Å². The maximum atomic E-state index is 12.2. The topological polar surface area (TPSA) is 53.3 Å². The molecule has 1 aliphatic heterocycles. The summed E-state index contributed by atoms with van der Waals surface area (Å²) < 4.78 is 40.8. The van der Waals surface area contributed by atoms with Crippen molar-refractivity contribution in [3.63, 3.8) is 0 Å². The van der Waals surface area contributed by atoms with Gasteiger partial charge in [0.05, 0.1) is 12.0 Å². The number of carbonyl (C=O) groups excluding carboxylic acids is 1. The SMILES string of the molecule is CC(OC(=O)N1CCC[C@H](C#N)C1)C(F)(F)F. The third kappa shape index (κ3) is 3.80. The van der Waals surface area contributed by atoms with Gasteiger partial charge in [0.2, 0.25) is 0 Å². The van der Waals surface area contributed by atoms with Crippen molar-refractivity contribution in [3.8, 4) is 6.07 Å². The Hall–Kier alpha value is -1.45. The number of ether oxygens (including phenoxy) is 1. The molecule has 0 spiro atoms. The van der Waals surface area contributed by atoms with Crippen LogP contribution in [0.25, 0.3) is 0 Å². The van der Waals surface area contributed by atoms with Crippen LogP contribution < -0.4 is 0 Å². The number of hydrogen-bond donors (Lipinski definition) is 0. The van der Waals surface area contributed by atoms with E-state index in [-0.39, 0.29) is 12.5 Å². The van der Waals surface area contributed by atoms with Gasteiger partial charge in [0.25, 0.3) is 0 Å². The maximum Gasteiger partial charge on any atom is 0.425 e. The van der Waals surface area contributed by atoms with E-state index < -0.39 is 18.4 Å². The van der Waals surface area contributed by atoms with Crippen molar-refractivity contribution >= 4 is 6.09 Å². The van der Waals surface area contributed by atoms with Crippen LogP contribution in [0, 0.1) is 17.2 Å². The van der Waals surface area contributed by atoms with Crippen molar-refractivity contribution in [1.82, 2.24) is 4.90 Å². The quantitative estimate of drug-likeness (QED) is 0.717. The van der Waals surface area contributed by atoms with Crippen molar-refractivity contribution in [1.29, 1.82) is 5.26 Å². The predicted molar refractivity (Wildman–Crippen MR) is 51.9 cm³/mol. The Kier molecular flexibility index (Phi) is 4.21. The average Bonchev–Trinajstić information content (AvgIpc) is 2.27. The number of piperidine rings is 1. The molecule has 0 saturated carbocycles. The highest BCUT2D eigenvalue weighted by Gasteiger charge is 2.40. The van der Waals surface area contributed by atoms with Gasteiger partial charge in [-0.3, -0.25) is 0 Å². The summed E-state index contributed by atoms with van der Waals surface area (Å²) in [5.41, 5.74) is 0. The summed E-state index contributed by atoms with van der Waals surface area (Å²) in [6.45, 7) is 1.26. The van der Waals surface area contributed by atoms with Gasteiger partial charge < -0.3 is 9.64 Å². The van der Waals surface area contributed by atoms with Gasteiger partial charge in [-0.2, -0.15) is 18.4 Å². The first kappa shape index (κ1) is 13.6. The molecule has 1 fully saturated rings. The fraction of sp³-hybridized carbons (Fsp3) is 0.800. The Balaban J connectivity index is 2.51. The number of amides is 1. The van der Waals surface area contributed by atoms with E-state index in [1.165, 1.54) is 0 Å². The maximum absolute atomic E-state index is 12.2. The summed E-state index contributed by atoms with van der Waals surface area (Å²) in [4.78, 5) is 12.6. The lowest BCUT2D eigenvalue weighted by molar-refractivity contribution is -0.199. The molecular weight excluding hydrogens is 237 g/mol. The van der Waals surface area contributed by atoms with E-state index in [9.17, 15) is 18.0 Å². The lowest BCUT2D eigenvalue weighted by atomic mass is 10.0. The molecule has 0 aromatic heterocycles. The molecule has 0 aromatic rings. The Labute approximate surface area is 96.9 Å². The largest absolute Gasteiger partial charge is 0.437 e. The monoisotopic (exact) mass is 250 g/mol. The highest BCUT2D eigenvalue weighted by molar-refractivity contribution is 5.68. The fourth-order valence-electron chi connectivity index (χ4n) is 1.54. The van der Waals surface area contributed by atoms with Gasteiger partial charge in [0.1, 0.15) is 0 Å². The molecule has 0 bridgehead atoms. The van der Waals surface area contributed by atoms with Gasteiger partial charge in [-0.1, -0.05) is 0 Å². The summed E-state index contributed by atoms with van der Waals surface area (Å²) >= 11 is 0. The highest BCUT2D eigenvalue weighted by atomic mass is 19.4. The van der Waals surface area contributed by atoms with Gasteiger partial charge in [-0.05, 0) is 19.8 Å². The third-order valence-electron chi connectivity index (χ3n) is 2.60. The van der Waals surface area contributed by atoms with E-state index in [2.05, 4.69) is 4.74 Å². The highest BCUT2D eigenvalue weighted by Crippen LogP contribution is 2.24. The smallest absolute Gasteiger partial charge is 0.425 e. The molecule has 2 atom stereocenters. The average molecular weight is 250 g/mol. The second-order valence-electron chi connectivity index (χ2n) is 3.98. The minimum Gasteiger partial charge on any atom is -0.437 e. The van der Waals surface area contributed by atoms with Gasteiger partial charge in [-0.15, -0.1) is 0 Å². The number of nitriles is 1. The first-order chi connectivity index (χ1) is 7.84. The first-order valence-corrected chi connectivity index (χ1v) is 5.26. The molecule has 1 heterocycles. The van der Waals surface area contributed by atoms with Gasteiger partial charge in [0.15, 0.2) is 6.10 Å². The summed E-state index contributed by atoms with van der Waals surface area (Å²) in [5.74, 6) is -0.322. The van der Waals surface area contributed by atoms with Crippen LogP contribution in [-0.2, 0) is 4.74 Å². The molecule has 96 valence electrons. The molecule has 4 nitrogen and oxygen atoms in total. The Morgan fingerprint density at radius 1 is 1.59 bits per heavy atom. The van der Waals surface area contributed by atoms with Crippen LogP contribution >= 0.6 is 0 Å². The molecule has 0 aromatic carbocycles. The normalized spacial score (nSPS) is 22.8. The zero-order chi connectivity index (χ0) is 13.1. The number of alkyl halides is 3. The standard InChI is InChI=1S/C10H13F3N2O2/c1-7(10(11,12)13)17-9(16)15-4-2-3-8(5-14)6-15/h7-8H,2-4,6H2,1H3/t7?,8-/m1/s1. The number of halogens is 3. The molecule has 1 amide bonds. The van der Waals surface area contributed by atoms with E-state index in [0.29, 0.717) is 19.4 Å². The van der Waals surface area contributed by atoms with Crippen LogP contribution in [0.2, 0.25) is 0 Å². The van der Waals surface area contributed by atoms with E-state index in [0.717, 1.165) is 11.8 Å². The van der Waals surface area contributed by atoms with E-state index in [1.807, 2.05) is 6.07 Å². The van der Waals surface area contributed by atoms with Crippen molar-refractivity contribution in [3.05, 3.63) is 0 Å². The Morgan fingerprint density at radius 2 is 2.24 bits per heavy atom. The fourth-order valence-corrected chi connectivity index (χ4v) is 1.54. The number of carbonyl (C=O) groups is 1. The minimum absolute atomic E-state index is 0.139. The van der Waals surface area contributed by atoms with Gasteiger partial charge >= 0.3 is 12.3 Å². The van der Waals surface area contributed by atoms with E-state index in [1.54, 1.807) is 0 Å². The molecular formula is C10H13F3N2O2. The molecule has 1 aliphatic rings. The van der Waals surface area contributed by atoms with Crippen LogP contribution in [0.15, 0.2) is 0 Å².